The van der Waals surface area contributed by atoms with Crippen LogP contribution in [-0.2, 0) is 4.74 Å². The first-order chi connectivity index (χ1) is 7.94. The van der Waals surface area contributed by atoms with Crippen LogP contribution in [0.15, 0.2) is 30.3 Å². The second-order valence-corrected chi connectivity index (χ2v) is 5.97. The number of likely N-dealkylation sites (N-methyl/N-ethyl adjacent to an activating group) is 1. The maximum atomic E-state index is 6.31. The molecular formula is C15H24NO+. The molecule has 2 heteroatoms. The van der Waals surface area contributed by atoms with E-state index in [9.17, 15) is 0 Å². The van der Waals surface area contributed by atoms with E-state index in [4.69, 9.17) is 4.74 Å². The third kappa shape index (κ3) is 2.12. The quantitative estimate of drug-likeness (QED) is 0.714. The monoisotopic (exact) mass is 234 g/mol. The fourth-order valence-electron chi connectivity index (χ4n) is 2.93. The molecule has 0 spiro atoms. The summed E-state index contributed by atoms with van der Waals surface area (Å²) in [5, 5.41) is 0. The molecule has 0 saturated carbocycles. The fourth-order valence-corrected chi connectivity index (χ4v) is 2.93. The van der Waals surface area contributed by atoms with Crippen molar-refractivity contribution in [2.24, 2.45) is 5.92 Å². The van der Waals surface area contributed by atoms with Gasteiger partial charge in [-0.25, -0.2) is 0 Å². The topological polar surface area (TPSA) is 9.23 Å². The van der Waals surface area contributed by atoms with Gasteiger partial charge < -0.3 is 4.74 Å². The number of nitrogens with zero attached hydrogens (tertiary/aromatic N) is 1. The lowest BCUT2D eigenvalue weighted by Crippen LogP contribution is -2.51. The molecule has 1 fully saturated rings. The van der Waals surface area contributed by atoms with Crippen LogP contribution >= 0.6 is 0 Å². The Labute approximate surface area is 105 Å². The lowest BCUT2D eigenvalue weighted by molar-refractivity contribution is -0.938. The van der Waals surface area contributed by atoms with Crippen molar-refractivity contribution in [1.29, 1.82) is 0 Å². The lowest BCUT2D eigenvalue weighted by atomic mass is 10.0. The minimum absolute atomic E-state index is 0.221. The Kier molecular flexibility index (Phi) is 3.28. The van der Waals surface area contributed by atoms with Crippen molar-refractivity contribution in [3.63, 3.8) is 0 Å². The Morgan fingerprint density at radius 3 is 2.18 bits per heavy atom. The highest BCUT2D eigenvalue weighted by molar-refractivity contribution is 5.19. The highest BCUT2D eigenvalue weighted by Crippen LogP contribution is 2.40. The molecule has 0 N–H and O–H groups in total. The van der Waals surface area contributed by atoms with Crippen molar-refractivity contribution >= 4 is 0 Å². The summed E-state index contributed by atoms with van der Waals surface area (Å²) in [7, 11) is 4.55. The highest BCUT2D eigenvalue weighted by Gasteiger charge is 2.49. The molecule has 2 rings (SSSR count). The molecule has 0 bridgehead atoms. The lowest BCUT2D eigenvalue weighted by Gasteiger charge is -2.35. The number of hydrogen-bond donors (Lipinski definition) is 0. The Balaban J connectivity index is 2.29. The molecule has 0 unspecified atom stereocenters. The molecule has 0 radical (unpaired) electrons. The summed E-state index contributed by atoms with van der Waals surface area (Å²) >= 11 is 0. The van der Waals surface area contributed by atoms with Crippen LogP contribution in [0.2, 0.25) is 0 Å². The van der Waals surface area contributed by atoms with E-state index in [1.54, 1.807) is 0 Å². The van der Waals surface area contributed by atoms with Gasteiger partial charge in [0.15, 0.2) is 6.23 Å². The predicted molar refractivity (Wildman–Crippen MR) is 70.5 cm³/mol. The third-order valence-corrected chi connectivity index (χ3v) is 4.13. The van der Waals surface area contributed by atoms with Crippen LogP contribution in [0, 0.1) is 5.92 Å². The van der Waals surface area contributed by atoms with Gasteiger partial charge in [-0.05, 0) is 12.5 Å². The van der Waals surface area contributed by atoms with Gasteiger partial charge in [-0.2, -0.15) is 0 Å². The minimum atomic E-state index is 0.221. The number of hydrogen-bond acceptors (Lipinski definition) is 1. The van der Waals surface area contributed by atoms with E-state index in [1.807, 2.05) is 0 Å². The molecule has 1 aliphatic heterocycles. The smallest absolute Gasteiger partial charge is 0.196 e. The summed E-state index contributed by atoms with van der Waals surface area (Å²) < 4.78 is 7.25. The van der Waals surface area contributed by atoms with Crippen LogP contribution in [0.3, 0.4) is 0 Å². The summed E-state index contributed by atoms with van der Waals surface area (Å²) in [5.74, 6) is 0.543. The molecule has 0 amide bonds. The molecule has 2 nitrogen and oxygen atoms in total. The van der Waals surface area contributed by atoms with Crippen molar-refractivity contribution in [2.75, 3.05) is 14.1 Å². The van der Waals surface area contributed by atoms with Gasteiger partial charge in [-0.15, -0.1) is 0 Å². The Morgan fingerprint density at radius 2 is 1.71 bits per heavy atom. The normalized spacial score (nSPS) is 32.0. The van der Waals surface area contributed by atoms with Gasteiger partial charge >= 0.3 is 0 Å². The molecule has 1 aromatic carbocycles. The first-order valence-corrected chi connectivity index (χ1v) is 6.48. The van der Waals surface area contributed by atoms with E-state index in [2.05, 4.69) is 65.2 Å². The SMILES string of the molecule is CC(C)[C@@H]1O[C@H](c2ccccc2)[C@H](C)[N+]1(C)C. The molecule has 0 aliphatic carbocycles. The van der Waals surface area contributed by atoms with E-state index in [0.717, 1.165) is 4.48 Å². The summed E-state index contributed by atoms with van der Waals surface area (Å²) in [6, 6.07) is 11.1. The van der Waals surface area contributed by atoms with Crippen molar-refractivity contribution < 1.29 is 9.22 Å². The van der Waals surface area contributed by atoms with Crippen molar-refractivity contribution in [3.8, 4) is 0 Å². The zero-order valence-corrected chi connectivity index (χ0v) is 11.6. The van der Waals surface area contributed by atoms with E-state index >= 15 is 0 Å². The fraction of sp³-hybridized carbons (Fsp3) is 0.600. The summed E-state index contributed by atoms with van der Waals surface area (Å²) in [6.45, 7) is 6.77. The second kappa shape index (κ2) is 4.43. The Hall–Kier alpha value is -0.860. The van der Waals surface area contributed by atoms with E-state index in [0.29, 0.717) is 12.0 Å². The predicted octanol–water partition coefficient (Wildman–Crippen LogP) is 3.20. The van der Waals surface area contributed by atoms with Gasteiger partial charge in [0.05, 0.1) is 14.1 Å². The van der Waals surface area contributed by atoms with Crippen LogP contribution in [0.5, 0.6) is 0 Å². The average molecular weight is 234 g/mol. The molecule has 94 valence electrons. The summed E-state index contributed by atoms with van der Waals surface area (Å²) in [6.07, 6.45) is 0.508. The van der Waals surface area contributed by atoms with Crippen molar-refractivity contribution in [2.45, 2.75) is 39.1 Å². The van der Waals surface area contributed by atoms with Crippen LogP contribution in [-0.4, -0.2) is 30.8 Å². The standard InChI is InChI=1S/C15H24NO/c1-11(2)15-16(4,5)12(3)14(17-15)13-9-7-6-8-10-13/h6-12,14-15H,1-5H3/q+1/t12-,14-,15-/m0/s1. The summed E-state index contributed by atoms with van der Waals surface area (Å²) in [4.78, 5) is 0. The van der Waals surface area contributed by atoms with Gasteiger partial charge in [0.25, 0.3) is 0 Å². The molecular weight excluding hydrogens is 210 g/mol. The largest absolute Gasteiger partial charge is 0.315 e. The minimum Gasteiger partial charge on any atom is -0.315 e. The molecule has 3 atom stereocenters. The third-order valence-electron chi connectivity index (χ3n) is 4.13. The van der Waals surface area contributed by atoms with Crippen LogP contribution in [0.4, 0.5) is 0 Å². The summed E-state index contributed by atoms with van der Waals surface area (Å²) in [5.41, 5.74) is 1.30. The first-order valence-electron chi connectivity index (χ1n) is 6.48. The van der Waals surface area contributed by atoms with E-state index in [1.165, 1.54) is 5.56 Å². The first kappa shape index (κ1) is 12.6. The van der Waals surface area contributed by atoms with Crippen LogP contribution in [0.1, 0.15) is 32.4 Å². The molecule has 1 heterocycles. The van der Waals surface area contributed by atoms with Crippen LogP contribution < -0.4 is 0 Å². The van der Waals surface area contributed by atoms with Gasteiger partial charge in [0, 0.05) is 5.92 Å². The van der Waals surface area contributed by atoms with E-state index < -0.39 is 0 Å². The van der Waals surface area contributed by atoms with Crippen molar-refractivity contribution in [1.82, 2.24) is 0 Å². The molecule has 17 heavy (non-hydrogen) atoms. The number of ether oxygens (including phenoxy) is 1. The maximum absolute atomic E-state index is 6.31. The molecule has 1 saturated heterocycles. The van der Waals surface area contributed by atoms with Gasteiger partial charge in [0.2, 0.25) is 0 Å². The molecule has 0 aromatic heterocycles. The van der Waals surface area contributed by atoms with Gasteiger partial charge in [-0.1, -0.05) is 44.2 Å². The van der Waals surface area contributed by atoms with E-state index in [-0.39, 0.29) is 12.3 Å². The second-order valence-electron chi connectivity index (χ2n) is 5.97. The Morgan fingerprint density at radius 1 is 1.12 bits per heavy atom. The molecule has 1 aromatic rings. The zero-order valence-electron chi connectivity index (χ0n) is 11.6. The number of rotatable bonds is 2. The van der Waals surface area contributed by atoms with Crippen LogP contribution in [0.25, 0.3) is 0 Å². The highest BCUT2D eigenvalue weighted by atomic mass is 16.5. The van der Waals surface area contributed by atoms with Gasteiger partial charge in [0.1, 0.15) is 12.1 Å². The van der Waals surface area contributed by atoms with Gasteiger partial charge in [-0.3, -0.25) is 4.48 Å². The number of quaternary nitrogens is 1. The molecule has 1 aliphatic rings. The zero-order chi connectivity index (χ0) is 12.6. The maximum Gasteiger partial charge on any atom is 0.196 e. The average Bonchev–Trinajstić information content (AvgIpc) is 2.52. The van der Waals surface area contributed by atoms with Crippen molar-refractivity contribution in [3.05, 3.63) is 35.9 Å². The number of benzene rings is 1. The Bertz CT molecular complexity index is 372.